The van der Waals surface area contributed by atoms with Gasteiger partial charge in [0.25, 0.3) is 0 Å². The summed E-state index contributed by atoms with van der Waals surface area (Å²) < 4.78 is 14.5. The van der Waals surface area contributed by atoms with Crippen LogP contribution >= 0.6 is 0 Å². The summed E-state index contributed by atoms with van der Waals surface area (Å²) in [7, 11) is 0. The Bertz CT molecular complexity index is 1030. The van der Waals surface area contributed by atoms with Gasteiger partial charge in [-0.3, -0.25) is 4.79 Å². The van der Waals surface area contributed by atoms with Crippen molar-refractivity contribution in [2.45, 2.75) is 13.5 Å². The number of aliphatic hydroxyl groups excluding tert-OH is 1. The molecule has 138 valence electrons. The fraction of sp³-hybridized carbons (Fsp3) is 0.105. The van der Waals surface area contributed by atoms with Crippen LogP contribution in [-0.4, -0.2) is 36.1 Å². The molecule has 3 N–H and O–H groups in total. The number of hydrogen-bond acceptors (Lipinski definition) is 6. The number of allylic oxidation sites excluding steroid dienone is 1. The second-order valence-electron chi connectivity index (χ2n) is 5.90. The maximum Gasteiger partial charge on any atom is 0.211 e. The molecule has 1 heterocycles. The average molecular weight is 369 g/mol. The zero-order valence-corrected chi connectivity index (χ0v) is 14.3. The minimum atomic E-state index is -0.567. The molecule has 0 amide bonds. The van der Waals surface area contributed by atoms with E-state index in [4.69, 9.17) is 0 Å². The third-order valence-electron chi connectivity index (χ3n) is 4.00. The molecular weight excluding hydrogens is 353 g/mol. The Morgan fingerprint density at radius 1 is 1.15 bits per heavy atom. The predicted molar refractivity (Wildman–Crippen MR) is 95.0 cm³/mol. The molecule has 0 atom stereocenters. The van der Waals surface area contributed by atoms with E-state index >= 15 is 0 Å². The zero-order valence-electron chi connectivity index (χ0n) is 14.3. The van der Waals surface area contributed by atoms with Gasteiger partial charge >= 0.3 is 0 Å². The average Bonchev–Trinajstić information content (AvgIpc) is 3.00. The van der Waals surface area contributed by atoms with Crippen LogP contribution in [0.3, 0.4) is 0 Å². The molecule has 2 aromatic carbocycles. The maximum atomic E-state index is 13.0. The normalized spacial score (nSPS) is 11.6. The molecule has 27 heavy (non-hydrogen) atoms. The van der Waals surface area contributed by atoms with E-state index in [9.17, 15) is 24.5 Å². The monoisotopic (exact) mass is 369 g/mol. The van der Waals surface area contributed by atoms with E-state index in [-0.39, 0.29) is 28.6 Å². The van der Waals surface area contributed by atoms with Gasteiger partial charge in [-0.1, -0.05) is 17.3 Å². The molecular formula is C19H16FN3O4. The summed E-state index contributed by atoms with van der Waals surface area (Å²) in [5.74, 6) is -2.05. The highest BCUT2D eigenvalue weighted by Gasteiger charge is 2.16. The van der Waals surface area contributed by atoms with E-state index in [0.717, 1.165) is 17.7 Å². The van der Waals surface area contributed by atoms with Crippen molar-refractivity contribution in [3.8, 4) is 11.5 Å². The van der Waals surface area contributed by atoms with Crippen LogP contribution in [0.15, 0.2) is 48.5 Å². The van der Waals surface area contributed by atoms with Crippen LogP contribution < -0.4 is 0 Å². The summed E-state index contributed by atoms with van der Waals surface area (Å²) in [6.45, 7) is 1.97. The Kier molecular flexibility index (Phi) is 4.89. The Morgan fingerprint density at radius 2 is 1.85 bits per heavy atom. The lowest BCUT2D eigenvalue weighted by atomic mass is 10.1. The number of carbonyl (C=O) groups excluding carboxylic acids is 1. The maximum absolute atomic E-state index is 13.0. The first-order chi connectivity index (χ1) is 12.8. The van der Waals surface area contributed by atoms with Crippen LogP contribution in [0.1, 0.15) is 27.3 Å². The molecule has 0 saturated carbocycles. The molecule has 0 unspecified atom stereocenters. The number of carbonyl (C=O) groups is 1. The van der Waals surface area contributed by atoms with Gasteiger partial charge in [-0.2, -0.15) is 0 Å². The number of halogens is 1. The molecule has 0 bridgehead atoms. The van der Waals surface area contributed by atoms with Crippen molar-refractivity contribution in [3.63, 3.8) is 0 Å². The summed E-state index contributed by atoms with van der Waals surface area (Å²) >= 11 is 0. The third-order valence-corrected chi connectivity index (χ3v) is 4.00. The number of ketones is 1. The largest absolute Gasteiger partial charge is 0.507 e. The van der Waals surface area contributed by atoms with Gasteiger partial charge in [0, 0.05) is 11.6 Å². The molecule has 8 heteroatoms. The summed E-state index contributed by atoms with van der Waals surface area (Å²) in [5, 5.41) is 36.6. The molecule has 0 spiro atoms. The highest BCUT2D eigenvalue weighted by Crippen LogP contribution is 2.27. The van der Waals surface area contributed by atoms with Crippen molar-refractivity contribution >= 4 is 11.5 Å². The van der Waals surface area contributed by atoms with Gasteiger partial charge in [0.05, 0.1) is 12.2 Å². The summed E-state index contributed by atoms with van der Waals surface area (Å²) in [4.78, 5) is 12.4. The lowest BCUT2D eigenvalue weighted by molar-refractivity contribution is 0.104. The number of aliphatic hydroxyl groups is 1. The van der Waals surface area contributed by atoms with Gasteiger partial charge in [0.15, 0.2) is 17.2 Å². The minimum Gasteiger partial charge on any atom is -0.507 e. The zero-order chi connectivity index (χ0) is 19.6. The summed E-state index contributed by atoms with van der Waals surface area (Å²) in [5.41, 5.74) is 1.50. The molecule has 7 nitrogen and oxygen atoms in total. The number of phenolic OH excluding ortho intramolecular Hbond substituents is 2. The molecule has 3 rings (SSSR count). The van der Waals surface area contributed by atoms with Crippen molar-refractivity contribution < 1.29 is 24.5 Å². The summed E-state index contributed by atoms with van der Waals surface area (Å²) in [6.07, 6.45) is 0.963. The number of phenols is 2. The van der Waals surface area contributed by atoms with E-state index < -0.39 is 11.5 Å². The molecule has 0 radical (unpaired) electrons. The highest BCUT2D eigenvalue weighted by atomic mass is 19.1. The van der Waals surface area contributed by atoms with Crippen LogP contribution in [-0.2, 0) is 6.54 Å². The van der Waals surface area contributed by atoms with Gasteiger partial charge in [0.1, 0.15) is 11.6 Å². The molecule has 0 aliphatic heterocycles. The first-order valence-corrected chi connectivity index (χ1v) is 7.97. The Labute approximate surface area is 153 Å². The van der Waals surface area contributed by atoms with Gasteiger partial charge in [-0.25, -0.2) is 9.07 Å². The second-order valence-corrected chi connectivity index (χ2v) is 5.90. The first-order valence-electron chi connectivity index (χ1n) is 7.97. The number of aromatic nitrogens is 3. The molecule has 1 aromatic heterocycles. The Balaban J connectivity index is 1.81. The van der Waals surface area contributed by atoms with Gasteiger partial charge in [-0.15, -0.1) is 5.10 Å². The standard InChI is InChI=1S/C19H16FN3O4/c1-11-19(21-22-23(11)10-12-2-5-14(20)6-3-12)18(27)9-16(25)13-4-7-15(24)17(26)8-13/h2-9,24-26H,10H2,1H3/b16-9-. The van der Waals surface area contributed by atoms with Crippen LogP contribution in [0, 0.1) is 12.7 Å². The number of rotatable bonds is 5. The minimum absolute atomic E-state index is 0.0617. The van der Waals surface area contributed by atoms with E-state index in [2.05, 4.69) is 10.3 Å². The van der Waals surface area contributed by atoms with Crippen LogP contribution in [0.25, 0.3) is 5.76 Å². The fourth-order valence-electron chi connectivity index (χ4n) is 2.46. The SMILES string of the molecule is Cc1c(C(=O)/C=C(\O)c2ccc(O)c(O)c2)nnn1Cc1ccc(F)cc1. The van der Waals surface area contributed by atoms with Crippen molar-refractivity contribution in [3.05, 3.63) is 76.9 Å². The van der Waals surface area contributed by atoms with Gasteiger partial charge in [-0.05, 0) is 42.8 Å². The van der Waals surface area contributed by atoms with Crippen LogP contribution in [0.5, 0.6) is 11.5 Å². The molecule has 0 aliphatic rings. The number of hydrogen-bond donors (Lipinski definition) is 3. The van der Waals surface area contributed by atoms with E-state index in [1.165, 1.54) is 28.9 Å². The second kappa shape index (κ2) is 7.28. The van der Waals surface area contributed by atoms with Crippen molar-refractivity contribution in [2.24, 2.45) is 0 Å². The smallest absolute Gasteiger partial charge is 0.211 e. The highest BCUT2D eigenvalue weighted by molar-refractivity contribution is 6.07. The summed E-state index contributed by atoms with van der Waals surface area (Å²) in [6, 6.07) is 9.58. The number of aromatic hydroxyl groups is 2. The van der Waals surface area contributed by atoms with Crippen molar-refractivity contribution in [2.75, 3.05) is 0 Å². The van der Waals surface area contributed by atoms with Crippen molar-refractivity contribution in [1.29, 1.82) is 0 Å². The van der Waals surface area contributed by atoms with Gasteiger partial charge in [0.2, 0.25) is 5.78 Å². The van der Waals surface area contributed by atoms with E-state index in [1.807, 2.05) is 0 Å². The van der Waals surface area contributed by atoms with Crippen LogP contribution in [0.4, 0.5) is 4.39 Å². The number of nitrogens with zero attached hydrogens (tertiary/aromatic N) is 3. The predicted octanol–water partition coefficient (Wildman–Crippen LogP) is 2.97. The Hall–Kier alpha value is -3.68. The first kappa shape index (κ1) is 18.1. The van der Waals surface area contributed by atoms with E-state index in [0.29, 0.717) is 12.2 Å². The topological polar surface area (TPSA) is 108 Å². The molecule has 0 saturated heterocycles. The quantitative estimate of drug-likeness (QED) is 0.276. The Morgan fingerprint density at radius 3 is 2.52 bits per heavy atom. The van der Waals surface area contributed by atoms with Crippen LogP contribution in [0.2, 0.25) is 0 Å². The van der Waals surface area contributed by atoms with E-state index in [1.54, 1.807) is 19.1 Å². The third kappa shape index (κ3) is 3.95. The molecule has 0 aliphatic carbocycles. The van der Waals surface area contributed by atoms with Gasteiger partial charge < -0.3 is 15.3 Å². The lowest BCUT2D eigenvalue weighted by Gasteiger charge is -2.04. The molecule has 3 aromatic rings. The van der Waals surface area contributed by atoms with Crippen molar-refractivity contribution in [1.82, 2.24) is 15.0 Å². The molecule has 0 fully saturated rings. The fourth-order valence-corrected chi connectivity index (χ4v) is 2.46. The number of benzene rings is 2. The lowest BCUT2D eigenvalue weighted by Crippen LogP contribution is -2.05.